The monoisotopic (exact) mass is 273 g/mol. The molecule has 0 fully saturated rings. The molecule has 0 spiro atoms. The number of hydrogen-bond acceptors (Lipinski definition) is 4. The van der Waals surface area contributed by atoms with Crippen LogP contribution in [0.25, 0.3) is 0 Å². The second-order valence-electron chi connectivity index (χ2n) is 4.95. The molecular weight excluding hydrogens is 254 g/mol. The van der Waals surface area contributed by atoms with Crippen molar-refractivity contribution in [3.05, 3.63) is 45.9 Å². The van der Waals surface area contributed by atoms with Crippen LogP contribution < -0.4 is 10.6 Å². The first-order valence-electron chi connectivity index (χ1n) is 6.80. The quantitative estimate of drug-likeness (QED) is 0.899. The number of thiazole rings is 1. The Labute approximate surface area is 118 Å². The highest BCUT2D eigenvalue weighted by Crippen LogP contribution is 2.29. The fourth-order valence-corrected chi connectivity index (χ4v) is 3.29. The van der Waals surface area contributed by atoms with E-state index in [2.05, 4.69) is 46.8 Å². The Hall–Kier alpha value is -1.39. The number of nitrogens with one attached hydrogen (secondary N) is 2. The van der Waals surface area contributed by atoms with Crippen LogP contribution in [0.3, 0.4) is 0 Å². The Morgan fingerprint density at radius 2 is 2.32 bits per heavy atom. The average molecular weight is 273 g/mol. The van der Waals surface area contributed by atoms with Crippen LogP contribution in [0.1, 0.15) is 34.3 Å². The highest BCUT2D eigenvalue weighted by Gasteiger charge is 2.17. The van der Waals surface area contributed by atoms with Crippen LogP contribution in [0.2, 0.25) is 0 Å². The van der Waals surface area contributed by atoms with E-state index in [1.807, 2.05) is 6.20 Å². The number of fused-ring (bicyclic) bond motifs is 1. The maximum atomic E-state index is 4.42. The molecule has 2 N–H and O–H groups in total. The molecule has 4 heteroatoms. The summed E-state index contributed by atoms with van der Waals surface area (Å²) in [5.74, 6) is 0. The number of rotatable bonds is 3. The van der Waals surface area contributed by atoms with E-state index in [4.69, 9.17) is 0 Å². The van der Waals surface area contributed by atoms with Crippen LogP contribution >= 0.6 is 11.3 Å². The molecule has 0 saturated heterocycles. The molecule has 1 atom stereocenters. The van der Waals surface area contributed by atoms with E-state index in [9.17, 15) is 0 Å². The van der Waals surface area contributed by atoms with Crippen LogP contribution in [-0.4, -0.2) is 11.5 Å². The molecule has 1 unspecified atom stereocenters. The van der Waals surface area contributed by atoms with E-state index in [0.29, 0.717) is 6.04 Å². The third-order valence-corrected chi connectivity index (χ3v) is 4.40. The van der Waals surface area contributed by atoms with Crippen molar-refractivity contribution in [3.8, 4) is 0 Å². The predicted octanol–water partition coefficient (Wildman–Crippen LogP) is 3.49. The molecular formula is C15H19N3S. The molecule has 0 radical (unpaired) electrons. The molecule has 2 heterocycles. The van der Waals surface area contributed by atoms with E-state index in [1.54, 1.807) is 11.3 Å². The maximum Gasteiger partial charge on any atom is 0.107 e. The molecule has 0 aliphatic carbocycles. The zero-order valence-electron chi connectivity index (χ0n) is 11.1. The molecule has 0 bridgehead atoms. The van der Waals surface area contributed by atoms with Crippen LogP contribution in [0.15, 0.2) is 30.5 Å². The second kappa shape index (κ2) is 5.72. The summed E-state index contributed by atoms with van der Waals surface area (Å²) in [6.07, 6.45) is 4.32. The zero-order chi connectivity index (χ0) is 13.1. The van der Waals surface area contributed by atoms with Crippen molar-refractivity contribution in [3.63, 3.8) is 0 Å². The molecule has 3 rings (SSSR count). The smallest absolute Gasteiger partial charge is 0.107 e. The first kappa shape index (κ1) is 12.6. The SMILES string of the molecule is Cc1cnc(CNC2CCCNc3ccccc32)s1. The van der Waals surface area contributed by atoms with E-state index in [1.165, 1.54) is 34.0 Å². The number of aromatic nitrogens is 1. The minimum Gasteiger partial charge on any atom is -0.385 e. The van der Waals surface area contributed by atoms with Crippen molar-refractivity contribution in [1.29, 1.82) is 0 Å². The van der Waals surface area contributed by atoms with Crippen LogP contribution in [0.4, 0.5) is 5.69 Å². The number of hydrogen-bond donors (Lipinski definition) is 2. The van der Waals surface area contributed by atoms with Gasteiger partial charge >= 0.3 is 0 Å². The van der Waals surface area contributed by atoms with Gasteiger partial charge in [-0.05, 0) is 31.4 Å². The summed E-state index contributed by atoms with van der Waals surface area (Å²) >= 11 is 1.77. The Morgan fingerprint density at radius 1 is 1.42 bits per heavy atom. The van der Waals surface area contributed by atoms with Crippen molar-refractivity contribution < 1.29 is 0 Å². The fraction of sp³-hybridized carbons (Fsp3) is 0.400. The van der Waals surface area contributed by atoms with Gasteiger partial charge in [-0.1, -0.05) is 18.2 Å². The second-order valence-corrected chi connectivity index (χ2v) is 6.27. The van der Waals surface area contributed by atoms with Crippen molar-refractivity contribution >= 4 is 17.0 Å². The zero-order valence-corrected chi connectivity index (χ0v) is 12.0. The highest BCUT2D eigenvalue weighted by atomic mass is 32.1. The first-order chi connectivity index (χ1) is 9.33. The first-order valence-corrected chi connectivity index (χ1v) is 7.62. The van der Waals surface area contributed by atoms with Gasteiger partial charge in [0.05, 0.1) is 0 Å². The summed E-state index contributed by atoms with van der Waals surface area (Å²) in [6, 6.07) is 9.03. The molecule has 3 nitrogen and oxygen atoms in total. The number of anilines is 1. The fourth-order valence-electron chi connectivity index (χ4n) is 2.55. The Bertz CT molecular complexity index is 550. The summed E-state index contributed by atoms with van der Waals surface area (Å²) < 4.78 is 0. The largest absolute Gasteiger partial charge is 0.385 e. The molecule has 1 aromatic heterocycles. The summed E-state index contributed by atoms with van der Waals surface area (Å²) in [4.78, 5) is 5.70. The number of benzene rings is 1. The van der Waals surface area contributed by atoms with Gasteiger partial charge in [-0.15, -0.1) is 11.3 Å². The standard InChI is InChI=1S/C15H19N3S/c1-11-9-18-15(19-11)10-17-14-7-4-8-16-13-6-3-2-5-12(13)14/h2-3,5-6,9,14,16-17H,4,7-8,10H2,1H3. The molecule has 0 amide bonds. The van der Waals surface area contributed by atoms with Crippen molar-refractivity contribution in [2.24, 2.45) is 0 Å². The third kappa shape index (κ3) is 2.96. The molecule has 2 aromatic rings. The van der Waals surface area contributed by atoms with Gasteiger partial charge in [0.15, 0.2) is 0 Å². The van der Waals surface area contributed by atoms with Gasteiger partial charge in [-0.2, -0.15) is 0 Å². The molecule has 1 aliphatic rings. The van der Waals surface area contributed by atoms with E-state index >= 15 is 0 Å². The molecule has 1 aromatic carbocycles. The van der Waals surface area contributed by atoms with Gasteiger partial charge in [0.1, 0.15) is 5.01 Å². The molecule has 1 aliphatic heterocycles. The lowest BCUT2D eigenvalue weighted by molar-refractivity contribution is 0.497. The van der Waals surface area contributed by atoms with Gasteiger partial charge in [0.2, 0.25) is 0 Å². The lowest BCUT2D eigenvalue weighted by Crippen LogP contribution is -2.20. The van der Waals surface area contributed by atoms with Gasteiger partial charge in [0.25, 0.3) is 0 Å². The lowest BCUT2D eigenvalue weighted by atomic mass is 10.0. The predicted molar refractivity (Wildman–Crippen MR) is 80.6 cm³/mol. The Balaban J connectivity index is 1.73. The Kier molecular flexibility index (Phi) is 3.80. The van der Waals surface area contributed by atoms with E-state index in [0.717, 1.165) is 13.1 Å². The van der Waals surface area contributed by atoms with Gasteiger partial charge in [0, 0.05) is 35.9 Å². The Morgan fingerprint density at radius 3 is 3.16 bits per heavy atom. The topological polar surface area (TPSA) is 37.0 Å². The molecule has 0 saturated carbocycles. The van der Waals surface area contributed by atoms with Gasteiger partial charge in [-0.3, -0.25) is 0 Å². The van der Waals surface area contributed by atoms with E-state index in [-0.39, 0.29) is 0 Å². The maximum absolute atomic E-state index is 4.42. The summed E-state index contributed by atoms with van der Waals surface area (Å²) in [6.45, 7) is 4.02. The minimum absolute atomic E-state index is 0.426. The molecule has 100 valence electrons. The lowest BCUT2D eigenvalue weighted by Gasteiger charge is -2.18. The highest BCUT2D eigenvalue weighted by molar-refractivity contribution is 7.11. The summed E-state index contributed by atoms with van der Waals surface area (Å²) in [5, 5.41) is 8.33. The van der Waals surface area contributed by atoms with Crippen molar-refractivity contribution in [2.75, 3.05) is 11.9 Å². The van der Waals surface area contributed by atoms with Crippen molar-refractivity contribution in [1.82, 2.24) is 10.3 Å². The number of aryl methyl sites for hydroxylation is 1. The van der Waals surface area contributed by atoms with Gasteiger partial charge < -0.3 is 10.6 Å². The van der Waals surface area contributed by atoms with Crippen LogP contribution in [0.5, 0.6) is 0 Å². The summed E-state index contributed by atoms with van der Waals surface area (Å²) in [7, 11) is 0. The van der Waals surface area contributed by atoms with Crippen molar-refractivity contribution in [2.45, 2.75) is 32.4 Å². The summed E-state index contributed by atoms with van der Waals surface area (Å²) in [5.41, 5.74) is 2.65. The number of nitrogens with zero attached hydrogens (tertiary/aromatic N) is 1. The minimum atomic E-state index is 0.426. The third-order valence-electron chi connectivity index (χ3n) is 3.49. The van der Waals surface area contributed by atoms with Crippen LogP contribution in [-0.2, 0) is 6.54 Å². The normalized spacial score (nSPS) is 18.5. The van der Waals surface area contributed by atoms with Crippen LogP contribution in [0, 0.1) is 6.92 Å². The van der Waals surface area contributed by atoms with E-state index < -0.39 is 0 Å². The van der Waals surface area contributed by atoms with Gasteiger partial charge in [-0.25, -0.2) is 4.98 Å². The number of para-hydroxylation sites is 1. The molecule has 19 heavy (non-hydrogen) atoms. The average Bonchev–Trinajstić information content (AvgIpc) is 2.73.